The van der Waals surface area contributed by atoms with Crippen LogP contribution in [0.1, 0.15) is 26.7 Å². The Morgan fingerprint density at radius 2 is 1.93 bits per heavy atom. The first kappa shape index (κ1) is 11.6. The van der Waals surface area contributed by atoms with Crippen LogP contribution in [0.15, 0.2) is 30.3 Å². The Kier molecular flexibility index (Phi) is 4.68. The summed E-state index contributed by atoms with van der Waals surface area (Å²) in [5.74, 6) is 0.597. The van der Waals surface area contributed by atoms with Crippen LogP contribution in [0.3, 0.4) is 0 Å². The van der Waals surface area contributed by atoms with E-state index in [1.165, 1.54) is 0 Å². The maximum atomic E-state index is 11.3. The van der Waals surface area contributed by atoms with Crippen molar-refractivity contribution in [2.24, 2.45) is 5.92 Å². The number of anilines is 1. The highest BCUT2D eigenvalue weighted by Crippen LogP contribution is 2.04. The second-order valence-corrected chi connectivity index (χ2v) is 3.97. The van der Waals surface area contributed by atoms with Crippen molar-refractivity contribution in [2.75, 3.05) is 5.43 Å². The molecule has 0 bridgehead atoms. The Morgan fingerprint density at radius 1 is 1.27 bits per heavy atom. The minimum atomic E-state index is 0.0348. The van der Waals surface area contributed by atoms with Gasteiger partial charge in [-0.2, -0.15) is 0 Å². The third-order valence-electron chi connectivity index (χ3n) is 2.07. The summed E-state index contributed by atoms with van der Waals surface area (Å²) in [5.41, 5.74) is 6.43. The fourth-order valence-corrected chi connectivity index (χ4v) is 1.15. The molecule has 1 rings (SSSR count). The zero-order valence-electron chi connectivity index (χ0n) is 9.29. The predicted octanol–water partition coefficient (Wildman–Crippen LogP) is 2.57. The summed E-state index contributed by atoms with van der Waals surface area (Å²) in [4.78, 5) is 11.3. The third kappa shape index (κ3) is 5.05. The quantitative estimate of drug-likeness (QED) is 0.727. The molecule has 0 heterocycles. The summed E-state index contributed by atoms with van der Waals surface area (Å²) < 4.78 is 0. The van der Waals surface area contributed by atoms with Crippen LogP contribution in [0.25, 0.3) is 0 Å². The summed E-state index contributed by atoms with van der Waals surface area (Å²) >= 11 is 0. The third-order valence-corrected chi connectivity index (χ3v) is 2.07. The Hall–Kier alpha value is -1.51. The predicted molar refractivity (Wildman–Crippen MR) is 62.3 cm³/mol. The fourth-order valence-electron chi connectivity index (χ4n) is 1.15. The van der Waals surface area contributed by atoms with Gasteiger partial charge in [-0.25, -0.2) is 0 Å². The maximum absolute atomic E-state index is 11.3. The lowest BCUT2D eigenvalue weighted by molar-refractivity contribution is -0.120. The summed E-state index contributed by atoms with van der Waals surface area (Å²) in [5, 5.41) is 0. The van der Waals surface area contributed by atoms with E-state index in [-0.39, 0.29) is 5.91 Å². The molecule has 0 saturated carbocycles. The van der Waals surface area contributed by atoms with Crippen LogP contribution in [-0.4, -0.2) is 5.91 Å². The van der Waals surface area contributed by atoms with Gasteiger partial charge in [0.25, 0.3) is 0 Å². The van der Waals surface area contributed by atoms with E-state index >= 15 is 0 Å². The van der Waals surface area contributed by atoms with Crippen molar-refractivity contribution in [3.05, 3.63) is 30.3 Å². The van der Waals surface area contributed by atoms with Gasteiger partial charge in [0.2, 0.25) is 5.91 Å². The lowest BCUT2D eigenvalue weighted by Crippen LogP contribution is -2.29. The molecule has 0 aliphatic heterocycles. The monoisotopic (exact) mass is 206 g/mol. The topological polar surface area (TPSA) is 41.1 Å². The van der Waals surface area contributed by atoms with Crippen molar-refractivity contribution in [3.8, 4) is 0 Å². The molecule has 0 unspecified atom stereocenters. The second-order valence-electron chi connectivity index (χ2n) is 3.97. The van der Waals surface area contributed by atoms with Crippen LogP contribution in [0.4, 0.5) is 5.69 Å². The van der Waals surface area contributed by atoms with Crippen LogP contribution < -0.4 is 10.9 Å². The number of hydrazine groups is 1. The Morgan fingerprint density at radius 3 is 2.53 bits per heavy atom. The van der Waals surface area contributed by atoms with Gasteiger partial charge >= 0.3 is 0 Å². The van der Waals surface area contributed by atoms with E-state index in [1.807, 2.05) is 30.3 Å². The van der Waals surface area contributed by atoms with E-state index in [9.17, 15) is 4.79 Å². The molecule has 1 aromatic carbocycles. The van der Waals surface area contributed by atoms with E-state index < -0.39 is 0 Å². The number of carbonyl (C=O) groups excluding carboxylic acids is 1. The lowest BCUT2D eigenvalue weighted by atomic mass is 10.1. The van der Waals surface area contributed by atoms with Gasteiger partial charge < -0.3 is 0 Å². The smallest absolute Gasteiger partial charge is 0.238 e. The van der Waals surface area contributed by atoms with E-state index in [0.717, 1.165) is 12.1 Å². The SMILES string of the molecule is CC(C)CCC(=O)NNc1ccccc1. The molecule has 0 atom stereocenters. The summed E-state index contributed by atoms with van der Waals surface area (Å²) in [7, 11) is 0. The van der Waals surface area contributed by atoms with Gasteiger partial charge in [-0.1, -0.05) is 32.0 Å². The molecular weight excluding hydrogens is 188 g/mol. The number of benzene rings is 1. The molecule has 0 aliphatic rings. The number of hydrogen-bond donors (Lipinski definition) is 2. The molecule has 0 radical (unpaired) electrons. The van der Waals surface area contributed by atoms with Crippen LogP contribution >= 0.6 is 0 Å². The van der Waals surface area contributed by atoms with Gasteiger partial charge in [-0.15, -0.1) is 0 Å². The van der Waals surface area contributed by atoms with Crippen LogP contribution in [-0.2, 0) is 4.79 Å². The molecule has 1 amide bonds. The van der Waals surface area contributed by atoms with E-state index in [0.29, 0.717) is 12.3 Å². The first-order valence-corrected chi connectivity index (χ1v) is 5.28. The molecule has 3 nitrogen and oxygen atoms in total. The van der Waals surface area contributed by atoms with E-state index in [4.69, 9.17) is 0 Å². The van der Waals surface area contributed by atoms with Crippen molar-refractivity contribution in [1.82, 2.24) is 5.43 Å². The van der Waals surface area contributed by atoms with Crippen molar-refractivity contribution in [1.29, 1.82) is 0 Å². The molecule has 0 spiro atoms. The van der Waals surface area contributed by atoms with Crippen molar-refractivity contribution in [2.45, 2.75) is 26.7 Å². The zero-order chi connectivity index (χ0) is 11.1. The molecule has 1 aromatic rings. The van der Waals surface area contributed by atoms with Gasteiger partial charge in [0.05, 0.1) is 5.69 Å². The van der Waals surface area contributed by atoms with Crippen molar-refractivity contribution < 1.29 is 4.79 Å². The van der Waals surface area contributed by atoms with E-state index in [2.05, 4.69) is 24.7 Å². The van der Waals surface area contributed by atoms with Crippen LogP contribution in [0.5, 0.6) is 0 Å². The lowest BCUT2D eigenvalue weighted by Gasteiger charge is -2.08. The van der Waals surface area contributed by atoms with Gasteiger partial charge in [0.15, 0.2) is 0 Å². The number of amides is 1. The van der Waals surface area contributed by atoms with Gasteiger partial charge in [0, 0.05) is 6.42 Å². The zero-order valence-corrected chi connectivity index (χ0v) is 9.29. The number of nitrogens with one attached hydrogen (secondary N) is 2. The molecule has 0 aliphatic carbocycles. The summed E-state index contributed by atoms with van der Waals surface area (Å²) in [6.07, 6.45) is 1.49. The average Bonchev–Trinajstić information content (AvgIpc) is 2.25. The Balaban J connectivity index is 2.23. The molecular formula is C12H18N2O. The molecule has 0 fully saturated rings. The second kappa shape index (κ2) is 6.06. The number of rotatable bonds is 5. The summed E-state index contributed by atoms with van der Waals surface area (Å²) in [6, 6.07) is 9.59. The molecule has 82 valence electrons. The standard InChI is InChI=1S/C12H18N2O/c1-10(2)8-9-12(15)14-13-11-6-4-3-5-7-11/h3-7,10,13H,8-9H2,1-2H3,(H,14,15). The molecule has 0 saturated heterocycles. The minimum Gasteiger partial charge on any atom is -0.299 e. The molecule has 0 aromatic heterocycles. The number of carbonyl (C=O) groups is 1. The minimum absolute atomic E-state index is 0.0348. The highest BCUT2D eigenvalue weighted by atomic mass is 16.2. The number of hydrogen-bond acceptors (Lipinski definition) is 2. The normalized spacial score (nSPS) is 10.1. The highest BCUT2D eigenvalue weighted by Gasteiger charge is 2.02. The first-order valence-electron chi connectivity index (χ1n) is 5.28. The maximum Gasteiger partial charge on any atom is 0.238 e. The number of para-hydroxylation sites is 1. The molecule has 3 heteroatoms. The van der Waals surface area contributed by atoms with Gasteiger partial charge in [-0.05, 0) is 24.5 Å². The largest absolute Gasteiger partial charge is 0.299 e. The Bertz CT molecular complexity index is 296. The average molecular weight is 206 g/mol. The first-order chi connectivity index (χ1) is 7.18. The van der Waals surface area contributed by atoms with Crippen molar-refractivity contribution in [3.63, 3.8) is 0 Å². The molecule has 2 N–H and O–H groups in total. The van der Waals surface area contributed by atoms with E-state index in [1.54, 1.807) is 0 Å². The highest BCUT2D eigenvalue weighted by molar-refractivity contribution is 5.77. The Labute approximate surface area is 90.9 Å². The van der Waals surface area contributed by atoms with Gasteiger partial charge in [-0.3, -0.25) is 15.6 Å². The fraction of sp³-hybridized carbons (Fsp3) is 0.417. The molecule has 15 heavy (non-hydrogen) atoms. The summed E-state index contributed by atoms with van der Waals surface area (Å²) in [6.45, 7) is 4.22. The van der Waals surface area contributed by atoms with Crippen molar-refractivity contribution >= 4 is 11.6 Å². The van der Waals surface area contributed by atoms with Gasteiger partial charge in [0.1, 0.15) is 0 Å². The van der Waals surface area contributed by atoms with Crippen LogP contribution in [0.2, 0.25) is 0 Å². The van der Waals surface area contributed by atoms with Crippen LogP contribution in [0, 0.1) is 5.92 Å².